The molecule has 6 heteroatoms. The molecule has 1 unspecified atom stereocenters. The first-order valence-corrected chi connectivity index (χ1v) is 7.02. The first-order valence-electron chi connectivity index (χ1n) is 6.14. The van der Waals surface area contributed by atoms with Gasteiger partial charge in [0.1, 0.15) is 0 Å². The minimum absolute atomic E-state index is 0.292. The molecule has 0 saturated carbocycles. The zero-order chi connectivity index (χ0) is 12.7. The molecule has 0 bridgehead atoms. The number of nitrogens with zero attached hydrogens (tertiary/aromatic N) is 3. The number of hydrogen-bond donors (Lipinski definition) is 1. The molecule has 0 spiro atoms. The number of carboxylic acid groups (broad SMARTS) is 1. The van der Waals surface area contributed by atoms with Gasteiger partial charge in [0.05, 0.1) is 0 Å². The van der Waals surface area contributed by atoms with Gasteiger partial charge in [-0.15, -0.1) is 11.3 Å². The Morgan fingerprint density at radius 1 is 1.56 bits per heavy atom. The number of fused-ring (bicyclic) bond motifs is 1. The van der Waals surface area contributed by atoms with Crippen molar-refractivity contribution < 1.29 is 9.90 Å². The predicted octanol–water partition coefficient (Wildman–Crippen LogP) is 2.47. The largest absolute Gasteiger partial charge is 0.476 e. The zero-order valence-corrected chi connectivity index (χ0v) is 11.0. The Kier molecular flexibility index (Phi) is 2.74. The summed E-state index contributed by atoms with van der Waals surface area (Å²) in [7, 11) is 0. The van der Waals surface area contributed by atoms with Gasteiger partial charge in [-0.25, -0.2) is 9.78 Å². The fourth-order valence-electron chi connectivity index (χ4n) is 2.59. The van der Waals surface area contributed by atoms with Gasteiger partial charge in [-0.05, 0) is 26.2 Å². The minimum Gasteiger partial charge on any atom is -0.476 e. The van der Waals surface area contributed by atoms with Gasteiger partial charge >= 0.3 is 5.97 Å². The number of imidazole rings is 1. The van der Waals surface area contributed by atoms with Crippen molar-refractivity contribution >= 4 is 28.1 Å². The van der Waals surface area contributed by atoms with Crippen molar-refractivity contribution in [3.63, 3.8) is 0 Å². The molecule has 0 aromatic carbocycles. The van der Waals surface area contributed by atoms with E-state index in [0.29, 0.717) is 17.6 Å². The third-order valence-electron chi connectivity index (χ3n) is 3.52. The molecule has 1 saturated heterocycles. The van der Waals surface area contributed by atoms with Crippen molar-refractivity contribution in [3.05, 3.63) is 17.3 Å². The van der Waals surface area contributed by atoms with Gasteiger partial charge < -0.3 is 10.0 Å². The van der Waals surface area contributed by atoms with E-state index in [1.165, 1.54) is 17.8 Å². The molecule has 3 rings (SSSR count). The number of carboxylic acids is 1. The third-order valence-corrected chi connectivity index (χ3v) is 4.28. The summed E-state index contributed by atoms with van der Waals surface area (Å²) >= 11 is 1.47. The Balaban J connectivity index is 2.12. The highest BCUT2D eigenvalue weighted by atomic mass is 32.1. The second-order valence-electron chi connectivity index (χ2n) is 4.68. The van der Waals surface area contributed by atoms with Gasteiger partial charge in [-0.2, -0.15) is 0 Å². The van der Waals surface area contributed by atoms with Crippen molar-refractivity contribution in [1.29, 1.82) is 0 Å². The normalized spacial score (nSPS) is 20.5. The molecule has 1 aliphatic rings. The van der Waals surface area contributed by atoms with E-state index in [0.717, 1.165) is 24.3 Å². The van der Waals surface area contributed by atoms with Crippen molar-refractivity contribution in [2.75, 3.05) is 11.4 Å². The summed E-state index contributed by atoms with van der Waals surface area (Å²) in [6.07, 6.45) is 5.19. The van der Waals surface area contributed by atoms with Crippen LogP contribution in [0.15, 0.2) is 11.6 Å². The standard InChI is InChI=1S/C12H15N3O2S/c1-8-4-2-3-5-14(8)10-9(11(16)17)15-6-7-18-12(15)13-10/h6-8H,2-5H2,1H3,(H,16,17). The first-order chi connectivity index (χ1) is 8.68. The third kappa shape index (κ3) is 1.68. The van der Waals surface area contributed by atoms with Crippen LogP contribution < -0.4 is 4.90 Å². The van der Waals surface area contributed by atoms with Gasteiger partial charge in [-0.3, -0.25) is 4.40 Å². The molecule has 5 nitrogen and oxygen atoms in total. The molecule has 0 amide bonds. The second-order valence-corrected chi connectivity index (χ2v) is 5.56. The smallest absolute Gasteiger partial charge is 0.356 e. The fourth-order valence-corrected chi connectivity index (χ4v) is 3.30. The molecule has 0 radical (unpaired) electrons. The lowest BCUT2D eigenvalue weighted by atomic mass is 10.0. The Morgan fingerprint density at radius 2 is 2.39 bits per heavy atom. The highest BCUT2D eigenvalue weighted by Crippen LogP contribution is 2.29. The van der Waals surface area contributed by atoms with E-state index in [9.17, 15) is 9.90 Å². The van der Waals surface area contributed by atoms with Crippen LogP contribution in [0, 0.1) is 0 Å². The molecule has 3 heterocycles. The van der Waals surface area contributed by atoms with Crippen molar-refractivity contribution in [1.82, 2.24) is 9.38 Å². The fraction of sp³-hybridized carbons (Fsp3) is 0.500. The molecule has 18 heavy (non-hydrogen) atoms. The molecular formula is C12H15N3O2S. The van der Waals surface area contributed by atoms with E-state index >= 15 is 0 Å². The maximum absolute atomic E-state index is 11.5. The topological polar surface area (TPSA) is 57.8 Å². The van der Waals surface area contributed by atoms with Crippen LogP contribution in [-0.4, -0.2) is 33.0 Å². The summed E-state index contributed by atoms with van der Waals surface area (Å²) in [6.45, 7) is 3.03. The molecule has 2 aromatic rings. The lowest BCUT2D eigenvalue weighted by molar-refractivity contribution is 0.0690. The van der Waals surface area contributed by atoms with Crippen LogP contribution in [0.5, 0.6) is 0 Å². The average molecular weight is 265 g/mol. The molecule has 1 fully saturated rings. The van der Waals surface area contributed by atoms with Crippen molar-refractivity contribution in [3.8, 4) is 0 Å². The van der Waals surface area contributed by atoms with E-state index in [-0.39, 0.29) is 0 Å². The lowest BCUT2D eigenvalue weighted by Crippen LogP contribution is -2.38. The van der Waals surface area contributed by atoms with Crippen LogP contribution in [0.25, 0.3) is 4.96 Å². The molecule has 96 valence electrons. The van der Waals surface area contributed by atoms with Gasteiger partial charge in [0.2, 0.25) is 0 Å². The molecule has 1 atom stereocenters. The number of hydrogen-bond acceptors (Lipinski definition) is 4. The first kappa shape index (κ1) is 11.5. The maximum Gasteiger partial charge on any atom is 0.356 e. The highest BCUT2D eigenvalue weighted by Gasteiger charge is 2.28. The predicted molar refractivity (Wildman–Crippen MR) is 70.7 cm³/mol. The number of anilines is 1. The summed E-state index contributed by atoms with van der Waals surface area (Å²) in [5.74, 6) is -0.282. The summed E-state index contributed by atoms with van der Waals surface area (Å²) in [4.78, 5) is 18.8. The van der Waals surface area contributed by atoms with Crippen LogP contribution in [-0.2, 0) is 0 Å². The Bertz CT molecular complexity index is 589. The molecule has 1 aliphatic heterocycles. The number of aromatic carboxylic acids is 1. The van der Waals surface area contributed by atoms with Gasteiger partial charge in [0.15, 0.2) is 16.5 Å². The highest BCUT2D eigenvalue weighted by molar-refractivity contribution is 7.15. The number of rotatable bonds is 2. The van der Waals surface area contributed by atoms with E-state index in [1.54, 1.807) is 10.6 Å². The van der Waals surface area contributed by atoms with E-state index in [2.05, 4.69) is 16.8 Å². The minimum atomic E-state index is -0.909. The monoisotopic (exact) mass is 265 g/mol. The van der Waals surface area contributed by atoms with Crippen LogP contribution in [0.4, 0.5) is 5.82 Å². The summed E-state index contributed by atoms with van der Waals surface area (Å²) in [5.41, 5.74) is 0.292. The summed E-state index contributed by atoms with van der Waals surface area (Å²) in [6, 6.07) is 0.362. The van der Waals surface area contributed by atoms with Crippen LogP contribution in [0.2, 0.25) is 0 Å². The quantitative estimate of drug-likeness (QED) is 0.906. The summed E-state index contributed by atoms with van der Waals surface area (Å²) < 4.78 is 1.67. The SMILES string of the molecule is CC1CCCCN1c1nc2sccn2c1C(=O)O. The molecule has 1 N–H and O–H groups in total. The Morgan fingerprint density at radius 3 is 3.11 bits per heavy atom. The van der Waals surface area contributed by atoms with Gasteiger partial charge in [0.25, 0.3) is 0 Å². The van der Waals surface area contributed by atoms with E-state index in [1.807, 2.05) is 5.38 Å². The average Bonchev–Trinajstić information content (AvgIpc) is 2.88. The number of aromatic nitrogens is 2. The van der Waals surface area contributed by atoms with Gasteiger partial charge in [0, 0.05) is 24.2 Å². The number of thiazole rings is 1. The van der Waals surface area contributed by atoms with Crippen LogP contribution >= 0.6 is 11.3 Å². The maximum atomic E-state index is 11.5. The lowest BCUT2D eigenvalue weighted by Gasteiger charge is -2.33. The van der Waals surface area contributed by atoms with Crippen molar-refractivity contribution in [2.45, 2.75) is 32.2 Å². The zero-order valence-electron chi connectivity index (χ0n) is 10.2. The summed E-state index contributed by atoms with van der Waals surface area (Å²) in [5, 5.41) is 11.3. The number of piperidine rings is 1. The molecule has 2 aromatic heterocycles. The molecule has 0 aliphatic carbocycles. The van der Waals surface area contributed by atoms with Crippen LogP contribution in [0.1, 0.15) is 36.7 Å². The van der Waals surface area contributed by atoms with Gasteiger partial charge in [-0.1, -0.05) is 0 Å². The molecular weight excluding hydrogens is 250 g/mol. The Labute approximate surface area is 109 Å². The Hall–Kier alpha value is -1.56. The van der Waals surface area contributed by atoms with Crippen molar-refractivity contribution in [2.24, 2.45) is 0 Å². The van der Waals surface area contributed by atoms with E-state index in [4.69, 9.17) is 0 Å². The second kappa shape index (κ2) is 4.28. The van der Waals surface area contributed by atoms with Crippen LogP contribution in [0.3, 0.4) is 0 Å². The van der Waals surface area contributed by atoms with E-state index < -0.39 is 5.97 Å². The number of carbonyl (C=O) groups is 1.